The van der Waals surface area contributed by atoms with Gasteiger partial charge in [0.25, 0.3) is 0 Å². The number of nitrogens with zero attached hydrogens (tertiary/aromatic N) is 2. The van der Waals surface area contributed by atoms with E-state index in [1.54, 1.807) is 4.31 Å². The Bertz CT molecular complexity index is 444. The molecule has 0 spiro atoms. The lowest BCUT2D eigenvalue weighted by Crippen LogP contribution is -2.44. The Morgan fingerprint density at radius 1 is 1.24 bits per heavy atom. The third-order valence-corrected chi connectivity index (χ3v) is 6.07. The molecule has 0 aromatic heterocycles. The Morgan fingerprint density at radius 2 is 2.00 bits per heavy atom. The van der Waals surface area contributed by atoms with Crippen LogP contribution in [-0.2, 0) is 10.0 Å². The summed E-state index contributed by atoms with van der Waals surface area (Å²) in [6, 6.07) is 0.507. The fourth-order valence-electron chi connectivity index (χ4n) is 2.98. The molecule has 0 aromatic rings. The van der Waals surface area contributed by atoms with Gasteiger partial charge in [-0.25, -0.2) is 12.7 Å². The van der Waals surface area contributed by atoms with E-state index in [0.717, 1.165) is 18.9 Å². The SMILES string of the molecule is CCNC(=NCCN1CCCS1(=O)=O)NC1CCCCC1. The van der Waals surface area contributed by atoms with Crippen molar-refractivity contribution in [2.75, 3.05) is 31.9 Å². The first-order valence-corrected chi connectivity index (χ1v) is 9.75. The van der Waals surface area contributed by atoms with Crippen LogP contribution in [0.3, 0.4) is 0 Å². The lowest BCUT2D eigenvalue weighted by atomic mass is 9.96. The van der Waals surface area contributed by atoms with Crippen molar-refractivity contribution in [2.45, 2.75) is 51.5 Å². The van der Waals surface area contributed by atoms with Crippen LogP contribution in [0.25, 0.3) is 0 Å². The summed E-state index contributed by atoms with van der Waals surface area (Å²) in [4.78, 5) is 4.52. The van der Waals surface area contributed by atoms with Crippen molar-refractivity contribution >= 4 is 16.0 Å². The van der Waals surface area contributed by atoms with E-state index in [1.807, 2.05) is 6.92 Å². The number of sulfonamides is 1. The molecule has 21 heavy (non-hydrogen) atoms. The summed E-state index contributed by atoms with van der Waals surface area (Å²) in [6.45, 7) is 4.51. The molecule has 0 radical (unpaired) electrons. The summed E-state index contributed by atoms with van der Waals surface area (Å²) in [5.41, 5.74) is 0. The second-order valence-corrected chi connectivity index (χ2v) is 7.90. The number of nitrogens with one attached hydrogen (secondary N) is 2. The summed E-state index contributed by atoms with van der Waals surface area (Å²) in [7, 11) is -3.00. The number of hydrogen-bond acceptors (Lipinski definition) is 3. The van der Waals surface area contributed by atoms with Crippen molar-refractivity contribution in [1.29, 1.82) is 0 Å². The standard InChI is InChI=1S/C14H28N4O2S/c1-2-15-14(17-13-7-4-3-5-8-13)16-9-11-18-10-6-12-21(18,19)20/h13H,2-12H2,1H3,(H2,15,16,17). The molecule has 7 heteroatoms. The molecule has 1 saturated heterocycles. The molecule has 6 nitrogen and oxygen atoms in total. The molecule has 1 aliphatic heterocycles. The Hall–Kier alpha value is -0.820. The zero-order chi connectivity index (χ0) is 15.1. The molecule has 2 aliphatic rings. The molecular weight excluding hydrogens is 288 g/mol. The van der Waals surface area contributed by atoms with Gasteiger partial charge in [-0.15, -0.1) is 0 Å². The van der Waals surface area contributed by atoms with Crippen LogP contribution >= 0.6 is 0 Å². The maximum absolute atomic E-state index is 11.7. The Morgan fingerprint density at radius 3 is 2.62 bits per heavy atom. The van der Waals surface area contributed by atoms with Gasteiger partial charge < -0.3 is 10.6 Å². The number of rotatable bonds is 5. The van der Waals surface area contributed by atoms with Crippen LogP contribution in [0.1, 0.15) is 45.4 Å². The first kappa shape index (κ1) is 16.5. The summed E-state index contributed by atoms with van der Waals surface area (Å²) < 4.78 is 25.0. The van der Waals surface area contributed by atoms with Crippen LogP contribution in [0, 0.1) is 0 Å². The van der Waals surface area contributed by atoms with Crippen molar-refractivity contribution in [3.8, 4) is 0 Å². The summed E-state index contributed by atoms with van der Waals surface area (Å²) >= 11 is 0. The minimum absolute atomic E-state index is 0.289. The van der Waals surface area contributed by atoms with Gasteiger partial charge in [0.05, 0.1) is 12.3 Å². The van der Waals surface area contributed by atoms with Crippen LogP contribution in [0.15, 0.2) is 4.99 Å². The van der Waals surface area contributed by atoms with Gasteiger partial charge in [-0.2, -0.15) is 0 Å². The normalized spacial score (nSPS) is 24.1. The largest absolute Gasteiger partial charge is 0.357 e. The van der Waals surface area contributed by atoms with Gasteiger partial charge in [0.2, 0.25) is 10.0 Å². The molecule has 0 bridgehead atoms. The van der Waals surface area contributed by atoms with Gasteiger partial charge in [0, 0.05) is 25.7 Å². The molecule has 2 N–H and O–H groups in total. The lowest BCUT2D eigenvalue weighted by molar-refractivity contribution is 0.409. The van der Waals surface area contributed by atoms with E-state index in [9.17, 15) is 8.42 Å². The Labute approximate surface area is 128 Å². The average Bonchev–Trinajstić information content (AvgIpc) is 2.79. The highest BCUT2D eigenvalue weighted by Gasteiger charge is 2.27. The Kier molecular flexibility index (Phi) is 6.29. The van der Waals surface area contributed by atoms with Gasteiger partial charge >= 0.3 is 0 Å². The second-order valence-electron chi connectivity index (χ2n) is 5.81. The smallest absolute Gasteiger partial charge is 0.214 e. The minimum atomic E-state index is -3.00. The van der Waals surface area contributed by atoms with E-state index >= 15 is 0 Å². The minimum Gasteiger partial charge on any atom is -0.357 e. The molecule has 122 valence electrons. The number of guanidine groups is 1. The molecule has 1 aliphatic carbocycles. The first-order chi connectivity index (χ1) is 10.1. The highest BCUT2D eigenvalue weighted by molar-refractivity contribution is 7.89. The summed E-state index contributed by atoms with van der Waals surface area (Å²) in [5.74, 6) is 1.11. The van der Waals surface area contributed by atoms with Crippen LogP contribution in [0.4, 0.5) is 0 Å². The fraction of sp³-hybridized carbons (Fsp3) is 0.929. The Balaban J connectivity index is 1.82. The highest BCUT2D eigenvalue weighted by Crippen LogP contribution is 2.17. The third-order valence-electron chi connectivity index (χ3n) is 4.11. The predicted octanol–water partition coefficient (Wildman–Crippen LogP) is 0.910. The highest BCUT2D eigenvalue weighted by atomic mass is 32.2. The molecule has 0 aromatic carbocycles. The molecule has 2 fully saturated rings. The third kappa shape index (κ3) is 5.14. The maximum Gasteiger partial charge on any atom is 0.214 e. The van der Waals surface area contributed by atoms with Crippen molar-refractivity contribution in [1.82, 2.24) is 14.9 Å². The zero-order valence-electron chi connectivity index (χ0n) is 13.0. The van der Waals surface area contributed by atoms with Crippen LogP contribution in [0.5, 0.6) is 0 Å². The molecular formula is C14H28N4O2S. The van der Waals surface area contributed by atoms with E-state index < -0.39 is 10.0 Å². The molecule has 1 heterocycles. The second kappa shape index (κ2) is 7.98. The van der Waals surface area contributed by atoms with Crippen molar-refractivity contribution in [2.24, 2.45) is 4.99 Å². The van der Waals surface area contributed by atoms with Crippen LogP contribution in [-0.4, -0.2) is 56.7 Å². The predicted molar refractivity (Wildman–Crippen MR) is 86.0 cm³/mol. The molecule has 1 saturated carbocycles. The zero-order valence-corrected chi connectivity index (χ0v) is 13.8. The summed E-state index contributed by atoms with van der Waals surface area (Å²) in [5, 5.41) is 6.72. The topological polar surface area (TPSA) is 73.8 Å². The van der Waals surface area contributed by atoms with Gasteiger partial charge in [-0.3, -0.25) is 4.99 Å². The quantitative estimate of drug-likeness (QED) is 0.584. The monoisotopic (exact) mass is 316 g/mol. The van der Waals surface area contributed by atoms with E-state index in [1.165, 1.54) is 32.1 Å². The number of hydrogen-bond donors (Lipinski definition) is 2. The van der Waals surface area contributed by atoms with Crippen molar-refractivity contribution in [3.63, 3.8) is 0 Å². The van der Waals surface area contributed by atoms with Crippen molar-refractivity contribution in [3.05, 3.63) is 0 Å². The van der Waals surface area contributed by atoms with Gasteiger partial charge in [-0.1, -0.05) is 19.3 Å². The van der Waals surface area contributed by atoms with Gasteiger partial charge in [0.15, 0.2) is 5.96 Å². The molecule has 0 amide bonds. The van der Waals surface area contributed by atoms with E-state index in [4.69, 9.17) is 0 Å². The van der Waals surface area contributed by atoms with Gasteiger partial charge in [0.1, 0.15) is 0 Å². The lowest BCUT2D eigenvalue weighted by Gasteiger charge is -2.25. The van der Waals surface area contributed by atoms with E-state index in [2.05, 4.69) is 15.6 Å². The molecule has 0 unspecified atom stereocenters. The van der Waals surface area contributed by atoms with E-state index in [0.29, 0.717) is 25.7 Å². The first-order valence-electron chi connectivity index (χ1n) is 8.14. The number of aliphatic imine (C=N–C) groups is 1. The van der Waals surface area contributed by atoms with Crippen LogP contribution < -0.4 is 10.6 Å². The fourth-order valence-corrected chi connectivity index (χ4v) is 4.50. The maximum atomic E-state index is 11.7. The average molecular weight is 316 g/mol. The van der Waals surface area contributed by atoms with Crippen molar-refractivity contribution < 1.29 is 8.42 Å². The summed E-state index contributed by atoms with van der Waals surface area (Å²) in [6.07, 6.45) is 7.03. The van der Waals surface area contributed by atoms with Crippen LogP contribution in [0.2, 0.25) is 0 Å². The molecule has 0 atom stereocenters. The van der Waals surface area contributed by atoms with Gasteiger partial charge in [-0.05, 0) is 26.2 Å². The molecule has 2 rings (SSSR count). The van der Waals surface area contributed by atoms with E-state index in [-0.39, 0.29) is 5.75 Å².